The maximum Gasteiger partial charge on any atom is 0.139 e. The van der Waals surface area contributed by atoms with Crippen LogP contribution in [-0.4, -0.2) is 22.5 Å². The van der Waals surface area contributed by atoms with Gasteiger partial charge in [-0.15, -0.1) is 22.7 Å². The summed E-state index contributed by atoms with van der Waals surface area (Å²) < 4.78 is 0. The minimum absolute atomic E-state index is 0.202. The monoisotopic (exact) mass is 353 g/mol. The SMILES string of the molecule is Cc1ccc(N2CC(O)=C(c3nc(-c4cccs4)cs3)C2=N)cc1. The van der Waals surface area contributed by atoms with Crippen LogP contribution in [-0.2, 0) is 0 Å². The van der Waals surface area contributed by atoms with Crippen LogP contribution in [0.15, 0.2) is 52.9 Å². The first kappa shape index (κ1) is 15.1. The Hall–Kier alpha value is -2.44. The lowest BCUT2D eigenvalue weighted by atomic mass is 10.2. The lowest BCUT2D eigenvalue weighted by Crippen LogP contribution is -2.25. The van der Waals surface area contributed by atoms with Crippen molar-refractivity contribution in [3.05, 3.63) is 63.5 Å². The van der Waals surface area contributed by atoms with Gasteiger partial charge in [-0.05, 0) is 30.5 Å². The highest BCUT2D eigenvalue weighted by Crippen LogP contribution is 2.35. The minimum atomic E-state index is 0.202. The van der Waals surface area contributed by atoms with Crippen LogP contribution in [0.4, 0.5) is 5.69 Å². The van der Waals surface area contributed by atoms with Crippen LogP contribution in [0.5, 0.6) is 0 Å². The Labute approximate surface area is 147 Å². The number of nitrogens with one attached hydrogen (secondary N) is 1. The maximum absolute atomic E-state index is 10.4. The topological polar surface area (TPSA) is 60.2 Å². The molecule has 0 aliphatic carbocycles. The molecule has 4 nitrogen and oxygen atoms in total. The second-order valence-electron chi connectivity index (χ2n) is 5.61. The average molecular weight is 353 g/mol. The van der Waals surface area contributed by atoms with Crippen LogP contribution in [0.1, 0.15) is 10.6 Å². The van der Waals surface area contributed by atoms with Crippen LogP contribution in [0.2, 0.25) is 0 Å². The van der Waals surface area contributed by atoms with E-state index in [4.69, 9.17) is 5.41 Å². The van der Waals surface area contributed by atoms with Gasteiger partial charge in [-0.3, -0.25) is 5.41 Å². The number of amidine groups is 1. The van der Waals surface area contributed by atoms with Crippen LogP contribution in [0, 0.1) is 12.3 Å². The molecule has 4 rings (SSSR count). The molecule has 0 saturated heterocycles. The highest BCUT2D eigenvalue weighted by molar-refractivity contribution is 7.14. The fourth-order valence-corrected chi connectivity index (χ4v) is 4.32. The molecular weight excluding hydrogens is 338 g/mol. The number of aryl methyl sites for hydroxylation is 1. The van der Waals surface area contributed by atoms with Gasteiger partial charge in [-0.2, -0.15) is 0 Å². The zero-order valence-electron chi connectivity index (χ0n) is 13.0. The molecular formula is C18H15N3OS2. The predicted molar refractivity (Wildman–Crippen MR) is 101 cm³/mol. The molecule has 0 atom stereocenters. The zero-order chi connectivity index (χ0) is 16.7. The van der Waals surface area contributed by atoms with Crippen molar-refractivity contribution in [3.63, 3.8) is 0 Å². The Bertz CT molecular complexity index is 924. The molecule has 1 aliphatic heterocycles. The number of rotatable bonds is 3. The van der Waals surface area contributed by atoms with E-state index in [9.17, 15) is 5.11 Å². The third-order valence-electron chi connectivity index (χ3n) is 3.94. The lowest BCUT2D eigenvalue weighted by molar-refractivity contribution is 0.411. The number of thiophene rings is 1. The third kappa shape index (κ3) is 2.53. The molecule has 3 heterocycles. The van der Waals surface area contributed by atoms with Gasteiger partial charge in [0.2, 0.25) is 0 Å². The van der Waals surface area contributed by atoms with E-state index >= 15 is 0 Å². The molecule has 2 N–H and O–H groups in total. The van der Waals surface area contributed by atoms with Crippen LogP contribution in [0.3, 0.4) is 0 Å². The van der Waals surface area contributed by atoms with E-state index in [1.54, 1.807) is 16.2 Å². The van der Waals surface area contributed by atoms with Gasteiger partial charge in [0.05, 0.1) is 22.7 Å². The van der Waals surface area contributed by atoms with Crippen molar-refractivity contribution in [1.82, 2.24) is 4.98 Å². The molecule has 0 saturated carbocycles. The second-order valence-corrected chi connectivity index (χ2v) is 7.41. The molecule has 6 heteroatoms. The van der Waals surface area contributed by atoms with Gasteiger partial charge >= 0.3 is 0 Å². The molecule has 0 amide bonds. The number of nitrogens with zero attached hydrogens (tertiary/aromatic N) is 2. The Morgan fingerprint density at radius 2 is 1.96 bits per heavy atom. The van der Waals surface area contributed by atoms with Crippen LogP contribution in [0.25, 0.3) is 16.1 Å². The van der Waals surface area contributed by atoms with Crippen molar-refractivity contribution < 1.29 is 5.11 Å². The van der Waals surface area contributed by atoms with Gasteiger partial charge in [0, 0.05) is 11.1 Å². The number of aliphatic hydroxyl groups excluding tert-OH is 1. The Kier molecular flexibility index (Phi) is 3.70. The lowest BCUT2D eigenvalue weighted by Gasteiger charge is -2.18. The normalized spacial score (nSPS) is 14.7. The summed E-state index contributed by atoms with van der Waals surface area (Å²) in [6, 6.07) is 12.0. The van der Waals surface area contributed by atoms with E-state index in [-0.39, 0.29) is 5.76 Å². The van der Waals surface area contributed by atoms with Gasteiger partial charge in [-0.1, -0.05) is 23.8 Å². The van der Waals surface area contributed by atoms with Crippen molar-refractivity contribution >= 4 is 39.8 Å². The molecule has 0 radical (unpaired) electrons. The van der Waals surface area contributed by atoms with Gasteiger partial charge in [0.15, 0.2) is 0 Å². The number of hydrogen-bond donors (Lipinski definition) is 2. The van der Waals surface area contributed by atoms with E-state index < -0.39 is 0 Å². The fraction of sp³-hybridized carbons (Fsp3) is 0.111. The Morgan fingerprint density at radius 1 is 1.17 bits per heavy atom. The van der Waals surface area contributed by atoms with Gasteiger partial charge in [-0.25, -0.2) is 4.98 Å². The average Bonchev–Trinajstić information content (AvgIpc) is 3.28. The predicted octanol–water partition coefficient (Wildman–Crippen LogP) is 4.95. The smallest absolute Gasteiger partial charge is 0.139 e. The first-order valence-corrected chi connectivity index (χ1v) is 9.24. The van der Waals surface area contributed by atoms with Crippen molar-refractivity contribution in [2.75, 3.05) is 11.4 Å². The molecule has 0 unspecified atom stereocenters. The minimum Gasteiger partial charge on any atom is -0.510 e. The molecule has 24 heavy (non-hydrogen) atoms. The number of anilines is 1. The highest BCUT2D eigenvalue weighted by atomic mass is 32.1. The van der Waals surface area contributed by atoms with Crippen LogP contribution < -0.4 is 4.90 Å². The summed E-state index contributed by atoms with van der Waals surface area (Å²) in [5, 5.41) is 23.6. The molecule has 0 bridgehead atoms. The van der Waals surface area contributed by atoms with E-state index in [1.165, 1.54) is 16.9 Å². The quantitative estimate of drug-likeness (QED) is 0.700. The van der Waals surface area contributed by atoms with Gasteiger partial charge in [0.25, 0.3) is 0 Å². The van der Waals surface area contributed by atoms with E-state index in [2.05, 4.69) is 4.98 Å². The van der Waals surface area contributed by atoms with Crippen molar-refractivity contribution in [3.8, 4) is 10.6 Å². The van der Waals surface area contributed by atoms with Crippen LogP contribution >= 0.6 is 22.7 Å². The molecule has 1 aromatic carbocycles. The summed E-state index contributed by atoms with van der Waals surface area (Å²) >= 11 is 3.10. The zero-order valence-corrected chi connectivity index (χ0v) is 14.6. The van der Waals surface area contributed by atoms with E-state index in [0.717, 1.165) is 16.3 Å². The fourth-order valence-electron chi connectivity index (χ4n) is 2.68. The molecule has 3 aromatic rings. The second kappa shape index (κ2) is 5.89. The van der Waals surface area contributed by atoms with Crippen molar-refractivity contribution in [1.29, 1.82) is 5.41 Å². The molecule has 1 aliphatic rings. The summed E-state index contributed by atoms with van der Waals surface area (Å²) in [4.78, 5) is 7.52. The van der Waals surface area contributed by atoms with Gasteiger partial charge in [0.1, 0.15) is 16.6 Å². The van der Waals surface area contributed by atoms with E-state index in [0.29, 0.717) is 23.0 Å². The number of thiazole rings is 1. The Balaban J connectivity index is 1.65. The highest BCUT2D eigenvalue weighted by Gasteiger charge is 2.31. The standard InChI is InChI=1S/C18H15N3OS2/c1-11-4-6-12(7-5-11)21-9-14(22)16(17(21)19)18-20-13(10-24-18)15-3-2-8-23-15/h2-8,10,19,22H,9H2,1H3. The number of aliphatic hydroxyl groups is 1. The largest absolute Gasteiger partial charge is 0.510 e. The summed E-state index contributed by atoms with van der Waals surface area (Å²) in [6.45, 7) is 2.34. The first-order chi connectivity index (χ1) is 11.6. The maximum atomic E-state index is 10.4. The summed E-state index contributed by atoms with van der Waals surface area (Å²) in [7, 11) is 0. The Morgan fingerprint density at radius 3 is 2.67 bits per heavy atom. The molecule has 2 aromatic heterocycles. The van der Waals surface area contributed by atoms with E-state index in [1.807, 2.05) is 54.1 Å². The molecule has 0 fully saturated rings. The van der Waals surface area contributed by atoms with Crippen molar-refractivity contribution in [2.24, 2.45) is 0 Å². The summed E-state index contributed by atoms with van der Waals surface area (Å²) in [6.07, 6.45) is 0. The first-order valence-electron chi connectivity index (χ1n) is 7.48. The number of aromatic nitrogens is 1. The number of hydrogen-bond acceptors (Lipinski definition) is 5. The van der Waals surface area contributed by atoms with Crippen molar-refractivity contribution in [2.45, 2.75) is 6.92 Å². The summed E-state index contributed by atoms with van der Waals surface area (Å²) in [5.74, 6) is 0.496. The summed E-state index contributed by atoms with van der Waals surface area (Å²) in [5.41, 5.74) is 3.50. The molecule has 120 valence electrons. The number of benzene rings is 1. The van der Waals surface area contributed by atoms with Gasteiger partial charge < -0.3 is 10.0 Å². The molecule has 0 spiro atoms. The third-order valence-corrected chi connectivity index (χ3v) is 5.69.